The third-order valence-corrected chi connectivity index (χ3v) is 5.38. The topological polar surface area (TPSA) is 58.5 Å². The first kappa shape index (κ1) is 16.8. The van der Waals surface area contributed by atoms with E-state index in [0.29, 0.717) is 17.5 Å². The maximum Gasteiger partial charge on any atom is 0.283 e. The van der Waals surface area contributed by atoms with E-state index in [1.54, 1.807) is 6.26 Å². The van der Waals surface area contributed by atoms with E-state index in [2.05, 4.69) is 20.0 Å². The number of likely N-dealkylation sites (tertiary alicyclic amines) is 2. The molecule has 1 atom stereocenters. The van der Waals surface area contributed by atoms with Crippen molar-refractivity contribution < 1.29 is 8.83 Å². The molecular weight excluding hydrogens is 316 g/mol. The highest BCUT2D eigenvalue weighted by atomic mass is 16.4. The normalized spacial score (nSPS) is 23.6. The lowest BCUT2D eigenvalue weighted by Crippen LogP contribution is -2.41. The largest absolute Gasteiger partial charge is 0.459 e. The number of hydrogen-bond donors (Lipinski definition) is 0. The molecule has 1 unspecified atom stereocenters. The van der Waals surface area contributed by atoms with Crippen LogP contribution >= 0.6 is 0 Å². The summed E-state index contributed by atoms with van der Waals surface area (Å²) in [5.41, 5.74) is 0. The van der Waals surface area contributed by atoms with Crippen molar-refractivity contribution in [2.45, 2.75) is 45.1 Å². The van der Waals surface area contributed by atoms with E-state index in [9.17, 15) is 0 Å². The lowest BCUT2D eigenvalue weighted by atomic mass is 9.97. The minimum absolute atomic E-state index is 0.470. The molecule has 0 aromatic carbocycles. The molecule has 2 aliphatic rings. The highest BCUT2D eigenvalue weighted by Crippen LogP contribution is 2.22. The van der Waals surface area contributed by atoms with Crippen molar-refractivity contribution in [2.75, 3.05) is 32.7 Å². The lowest BCUT2D eigenvalue weighted by molar-refractivity contribution is 0.122. The van der Waals surface area contributed by atoms with Gasteiger partial charge in [0.05, 0.1) is 12.8 Å². The fourth-order valence-electron chi connectivity index (χ4n) is 4.14. The van der Waals surface area contributed by atoms with Gasteiger partial charge in [0, 0.05) is 13.1 Å². The van der Waals surface area contributed by atoms with E-state index in [1.165, 1.54) is 58.2 Å². The van der Waals surface area contributed by atoms with E-state index in [4.69, 9.17) is 8.83 Å². The molecule has 6 nitrogen and oxygen atoms in total. The Morgan fingerprint density at radius 3 is 2.64 bits per heavy atom. The predicted octanol–water partition coefficient (Wildman–Crippen LogP) is 3.42. The molecule has 4 rings (SSSR count). The molecule has 25 heavy (non-hydrogen) atoms. The maximum absolute atomic E-state index is 5.76. The Kier molecular flexibility index (Phi) is 5.47. The summed E-state index contributed by atoms with van der Waals surface area (Å²) in [5.74, 6) is 2.55. The predicted molar refractivity (Wildman–Crippen MR) is 94.9 cm³/mol. The zero-order valence-electron chi connectivity index (χ0n) is 14.9. The number of aromatic nitrogens is 2. The fraction of sp³-hybridized carbons (Fsp3) is 0.684. The van der Waals surface area contributed by atoms with Crippen LogP contribution in [-0.2, 0) is 6.54 Å². The van der Waals surface area contributed by atoms with Gasteiger partial charge in [-0.1, -0.05) is 12.8 Å². The molecule has 2 fully saturated rings. The molecule has 0 bridgehead atoms. The van der Waals surface area contributed by atoms with Gasteiger partial charge in [-0.2, -0.15) is 0 Å². The van der Waals surface area contributed by atoms with Gasteiger partial charge < -0.3 is 13.7 Å². The van der Waals surface area contributed by atoms with Gasteiger partial charge in [-0.3, -0.25) is 4.90 Å². The molecule has 0 spiro atoms. The fourth-order valence-corrected chi connectivity index (χ4v) is 4.14. The molecular formula is C19H28N4O2. The Morgan fingerprint density at radius 1 is 1.00 bits per heavy atom. The highest BCUT2D eigenvalue weighted by Gasteiger charge is 2.24. The van der Waals surface area contributed by atoms with Crippen LogP contribution in [-0.4, -0.2) is 52.7 Å². The maximum atomic E-state index is 5.76. The third kappa shape index (κ3) is 4.50. The summed E-state index contributed by atoms with van der Waals surface area (Å²) in [6.45, 7) is 6.81. The molecule has 4 heterocycles. The minimum atomic E-state index is 0.470. The van der Waals surface area contributed by atoms with Gasteiger partial charge in [0.2, 0.25) is 5.89 Å². The van der Waals surface area contributed by atoms with Crippen molar-refractivity contribution in [3.8, 4) is 11.7 Å². The summed E-state index contributed by atoms with van der Waals surface area (Å²) in [6.07, 6.45) is 9.77. The van der Waals surface area contributed by atoms with Crippen LogP contribution in [0, 0.1) is 5.92 Å². The van der Waals surface area contributed by atoms with Crippen LogP contribution in [0.3, 0.4) is 0 Å². The summed E-state index contributed by atoms with van der Waals surface area (Å²) in [6, 6.07) is 3.67. The summed E-state index contributed by atoms with van der Waals surface area (Å²) < 4.78 is 11.1. The number of furan rings is 1. The smallest absolute Gasteiger partial charge is 0.283 e. The van der Waals surface area contributed by atoms with E-state index >= 15 is 0 Å². The van der Waals surface area contributed by atoms with Gasteiger partial charge in [-0.15, -0.1) is 10.2 Å². The molecule has 0 saturated carbocycles. The molecule has 0 amide bonds. The summed E-state index contributed by atoms with van der Waals surface area (Å²) in [4.78, 5) is 5.15. The van der Waals surface area contributed by atoms with Gasteiger partial charge in [0.1, 0.15) is 0 Å². The van der Waals surface area contributed by atoms with E-state index in [0.717, 1.165) is 25.6 Å². The number of rotatable bonds is 5. The van der Waals surface area contributed by atoms with Crippen molar-refractivity contribution >= 4 is 0 Å². The van der Waals surface area contributed by atoms with Crippen molar-refractivity contribution in [2.24, 2.45) is 5.92 Å². The molecule has 0 aliphatic carbocycles. The summed E-state index contributed by atoms with van der Waals surface area (Å²) in [5, 5.41) is 8.29. The standard InChI is InChI=1S/C19H28N4O2/c1-2-4-10-22(9-3-1)13-16-7-5-11-23(14-16)15-18-20-21-19(25-18)17-8-6-12-24-17/h6,8,12,16H,1-5,7,9-11,13-15H2. The monoisotopic (exact) mass is 344 g/mol. The minimum Gasteiger partial charge on any atom is -0.459 e. The van der Waals surface area contributed by atoms with Crippen molar-refractivity contribution in [1.29, 1.82) is 0 Å². The molecule has 2 aliphatic heterocycles. The molecule has 6 heteroatoms. The zero-order valence-corrected chi connectivity index (χ0v) is 14.9. The summed E-state index contributed by atoms with van der Waals surface area (Å²) >= 11 is 0. The van der Waals surface area contributed by atoms with Gasteiger partial charge in [0.25, 0.3) is 5.89 Å². The van der Waals surface area contributed by atoms with Crippen molar-refractivity contribution in [3.63, 3.8) is 0 Å². The van der Waals surface area contributed by atoms with Crippen LogP contribution in [0.2, 0.25) is 0 Å². The SMILES string of the molecule is c1coc(-c2nnc(CN3CCCC(CN4CCCCCC4)C3)o2)c1. The Labute approximate surface area is 149 Å². The van der Waals surface area contributed by atoms with Gasteiger partial charge >= 0.3 is 0 Å². The Balaban J connectivity index is 1.30. The quantitative estimate of drug-likeness (QED) is 0.828. The van der Waals surface area contributed by atoms with E-state index in [-0.39, 0.29) is 0 Å². The first-order valence-corrected chi connectivity index (χ1v) is 9.68. The second-order valence-corrected chi connectivity index (χ2v) is 7.44. The molecule has 0 radical (unpaired) electrons. The highest BCUT2D eigenvalue weighted by molar-refractivity contribution is 5.42. The molecule has 0 N–H and O–H groups in total. The average molecular weight is 344 g/mol. The second kappa shape index (κ2) is 8.15. The van der Waals surface area contributed by atoms with Gasteiger partial charge in [-0.25, -0.2) is 0 Å². The Morgan fingerprint density at radius 2 is 1.84 bits per heavy atom. The Bertz CT molecular complexity index is 632. The molecule has 2 saturated heterocycles. The number of nitrogens with zero attached hydrogens (tertiary/aromatic N) is 4. The Hall–Kier alpha value is -1.66. The second-order valence-electron chi connectivity index (χ2n) is 7.44. The number of piperidine rings is 1. The van der Waals surface area contributed by atoms with Crippen LogP contribution in [0.15, 0.2) is 27.2 Å². The summed E-state index contributed by atoms with van der Waals surface area (Å²) in [7, 11) is 0. The lowest BCUT2D eigenvalue weighted by Gasteiger charge is -2.34. The molecule has 136 valence electrons. The van der Waals surface area contributed by atoms with E-state index < -0.39 is 0 Å². The van der Waals surface area contributed by atoms with Crippen LogP contribution in [0.25, 0.3) is 11.7 Å². The van der Waals surface area contributed by atoms with Crippen LogP contribution < -0.4 is 0 Å². The van der Waals surface area contributed by atoms with Gasteiger partial charge in [0.15, 0.2) is 5.76 Å². The van der Waals surface area contributed by atoms with Crippen LogP contribution in [0.1, 0.15) is 44.4 Å². The average Bonchev–Trinajstić information content (AvgIpc) is 3.24. The molecule has 2 aromatic heterocycles. The van der Waals surface area contributed by atoms with Crippen LogP contribution in [0.5, 0.6) is 0 Å². The van der Waals surface area contributed by atoms with Crippen molar-refractivity contribution in [1.82, 2.24) is 20.0 Å². The van der Waals surface area contributed by atoms with Gasteiger partial charge in [-0.05, 0) is 63.4 Å². The zero-order chi connectivity index (χ0) is 16.9. The molecule has 2 aromatic rings. The third-order valence-electron chi connectivity index (χ3n) is 5.38. The first-order chi connectivity index (χ1) is 12.4. The number of hydrogen-bond acceptors (Lipinski definition) is 6. The van der Waals surface area contributed by atoms with E-state index in [1.807, 2.05) is 12.1 Å². The first-order valence-electron chi connectivity index (χ1n) is 9.68. The van der Waals surface area contributed by atoms with Crippen molar-refractivity contribution in [3.05, 3.63) is 24.3 Å². The van der Waals surface area contributed by atoms with Crippen LogP contribution in [0.4, 0.5) is 0 Å².